The Balaban J connectivity index is 0.000000138. The Morgan fingerprint density at radius 1 is 0.190 bits per heavy atom. The first-order valence-electron chi connectivity index (χ1n) is 48.1. The number of anilines is 18. The zero-order chi connectivity index (χ0) is 98.0. The highest BCUT2D eigenvalue weighted by Gasteiger charge is 2.29. The van der Waals surface area contributed by atoms with Gasteiger partial charge in [0.25, 0.3) is 0 Å². The molecule has 0 saturated heterocycles. The highest BCUT2D eigenvalue weighted by molar-refractivity contribution is 6.31. The lowest BCUT2D eigenvalue weighted by Crippen LogP contribution is -2.11. The second kappa shape index (κ2) is 41.5. The molecular formula is C135H102N12. The summed E-state index contributed by atoms with van der Waals surface area (Å²) >= 11 is 0. The number of nitriles is 3. The average molecular weight is 1890 g/mol. The molecule has 24 aromatic carbocycles. The fraction of sp³-hybridized carbons (Fsp3) is 0.0667. The molecule has 0 bridgehead atoms. The summed E-state index contributed by atoms with van der Waals surface area (Å²) in [5.74, 6) is 0.862. The molecule has 12 nitrogen and oxygen atoms in total. The summed E-state index contributed by atoms with van der Waals surface area (Å²) in [6, 6.07) is 166. The molecule has 24 aromatic rings. The van der Waals surface area contributed by atoms with Crippen molar-refractivity contribution in [3.63, 3.8) is 0 Å². The SMILES string of the molecule is C.C.C.[C-]#[N+]c1ccc(N(c2ccc(C(C)C)cc2)c2ccc3ccc4c(N(c5ccc(C#N)cc5)c5ccc(C(C)C)cc5)ccc5ccc2c3c54)cc1.[C-]#[N+]c1ccc(N(c2ccccc2)c2ccc3ccc4c(N(c5ccccc5)c5ccc(C#N)cc5)ccc5ccc2c3c54)cc1.[C-]#[N+]c1cccc(N(c2ccccc2)c2ccc3ccc4c(N(c5ccccc5)c5cccc(C#N)c5)ccc5ccc2c3c54)c1. The van der Waals surface area contributed by atoms with Crippen molar-refractivity contribution in [3.05, 3.63) is 523 Å². The van der Waals surface area contributed by atoms with Crippen LogP contribution in [0.15, 0.2) is 461 Å². The van der Waals surface area contributed by atoms with Gasteiger partial charge in [0.1, 0.15) is 0 Å². The fourth-order valence-electron chi connectivity index (χ4n) is 20.5. The van der Waals surface area contributed by atoms with Crippen molar-refractivity contribution in [2.75, 3.05) is 29.4 Å². The van der Waals surface area contributed by atoms with Crippen molar-refractivity contribution in [1.82, 2.24) is 0 Å². The Kier molecular flexibility index (Phi) is 27.1. The number of rotatable bonds is 20. The van der Waals surface area contributed by atoms with E-state index in [9.17, 15) is 15.8 Å². The maximum atomic E-state index is 9.72. The summed E-state index contributed by atoms with van der Waals surface area (Å²) in [7, 11) is 0. The van der Waals surface area contributed by atoms with Gasteiger partial charge in [0.15, 0.2) is 17.1 Å². The van der Waals surface area contributed by atoms with Crippen LogP contribution in [0.5, 0.6) is 0 Å². The van der Waals surface area contributed by atoms with Crippen molar-refractivity contribution >= 4 is 216 Å². The van der Waals surface area contributed by atoms with Crippen LogP contribution in [0, 0.1) is 53.7 Å². The summed E-state index contributed by atoms with van der Waals surface area (Å²) in [4.78, 5) is 24.6. The van der Waals surface area contributed by atoms with E-state index in [0.717, 1.165) is 145 Å². The van der Waals surface area contributed by atoms with Crippen LogP contribution in [0.4, 0.5) is 119 Å². The van der Waals surface area contributed by atoms with Crippen LogP contribution in [0.2, 0.25) is 0 Å². The first-order valence-corrected chi connectivity index (χ1v) is 48.1. The molecule has 0 spiro atoms. The quantitative estimate of drug-likeness (QED) is 0.0545. The Labute approximate surface area is 858 Å². The number of benzene rings is 24. The zero-order valence-corrected chi connectivity index (χ0v) is 79.4. The molecule has 0 N–H and O–H groups in total. The molecule has 12 heteroatoms. The van der Waals surface area contributed by atoms with E-state index < -0.39 is 0 Å². The first kappa shape index (κ1) is 96.0. The van der Waals surface area contributed by atoms with Gasteiger partial charge in [-0.2, -0.15) is 15.8 Å². The molecule has 0 heterocycles. The molecule has 0 aliphatic carbocycles. The van der Waals surface area contributed by atoms with Gasteiger partial charge >= 0.3 is 0 Å². The maximum Gasteiger partial charge on any atom is 0.189 e. The lowest BCUT2D eigenvalue weighted by atomic mass is 9.91. The van der Waals surface area contributed by atoms with E-state index in [1.807, 2.05) is 182 Å². The molecular weight excluding hydrogens is 1790 g/mol. The van der Waals surface area contributed by atoms with Gasteiger partial charge in [-0.25, -0.2) is 14.5 Å². The van der Waals surface area contributed by atoms with Gasteiger partial charge in [-0.15, -0.1) is 0 Å². The van der Waals surface area contributed by atoms with Gasteiger partial charge < -0.3 is 29.4 Å². The minimum absolute atomic E-state index is 0. The second-order valence-corrected chi connectivity index (χ2v) is 36.5. The monoisotopic (exact) mass is 1890 g/mol. The summed E-state index contributed by atoms with van der Waals surface area (Å²) < 4.78 is 0. The van der Waals surface area contributed by atoms with Crippen LogP contribution >= 0.6 is 0 Å². The minimum Gasteiger partial charge on any atom is -0.311 e. The molecule has 24 rings (SSSR count). The molecule has 0 aliphatic heterocycles. The van der Waals surface area contributed by atoms with Crippen molar-refractivity contribution in [2.45, 2.75) is 61.8 Å². The van der Waals surface area contributed by atoms with Gasteiger partial charge in [0.05, 0.1) is 88.7 Å². The van der Waals surface area contributed by atoms with Crippen LogP contribution in [0.1, 0.15) is 89.6 Å². The third kappa shape index (κ3) is 18.1. The highest BCUT2D eigenvalue weighted by Crippen LogP contribution is 2.54. The van der Waals surface area contributed by atoms with E-state index in [1.54, 1.807) is 0 Å². The molecule has 702 valence electrons. The molecule has 0 saturated carbocycles. The second-order valence-electron chi connectivity index (χ2n) is 36.5. The molecule has 0 fully saturated rings. The predicted molar refractivity (Wildman–Crippen MR) is 620 cm³/mol. The van der Waals surface area contributed by atoms with Crippen LogP contribution in [-0.2, 0) is 0 Å². The molecule has 0 unspecified atom stereocenters. The topological polar surface area (TPSA) is 104 Å². The van der Waals surface area contributed by atoms with E-state index in [2.05, 4.69) is 369 Å². The lowest BCUT2D eigenvalue weighted by Gasteiger charge is -2.29. The van der Waals surface area contributed by atoms with E-state index in [0.29, 0.717) is 45.6 Å². The molecule has 0 radical (unpaired) electrons. The summed E-state index contributed by atoms with van der Waals surface area (Å²) in [5.41, 5.74) is 24.7. The van der Waals surface area contributed by atoms with Gasteiger partial charge in [0, 0.05) is 101 Å². The van der Waals surface area contributed by atoms with Gasteiger partial charge in [0.2, 0.25) is 0 Å². The maximum absolute atomic E-state index is 9.72. The Morgan fingerprint density at radius 2 is 0.395 bits per heavy atom. The van der Waals surface area contributed by atoms with Crippen LogP contribution in [0.3, 0.4) is 0 Å². The van der Waals surface area contributed by atoms with E-state index >= 15 is 0 Å². The predicted octanol–water partition coefficient (Wildman–Crippen LogP) is 40.0. The van der Waals surface area contributed by atoms with Gasteiger partial charge in [-0.1, -0.05) is 299 Å². The average Bonchev–Trinajstić information content (AvgIpc) is 0.727. The van der Waals surface area contributed by atoms with Crippen LogP contribution < -0.4 is 29.4 Å². The third-order valence-corrected chi connectivity index (χ3v) is 27.4. The Hall–Kier alpha value is -19.9. The summed E-state index contributed by atoms with van der Waals surface area (Å²) in [6.07, 6.45) is 0. The summed E-state index contributed by atoms with van der Waals surface area (Å²) in [5, 5.41) is 49.8. The van der Waals surface area contributed by atoms with Crippen molar-refractivity contribution < 1.29 is 0 Å². The van der Waals surface area contributed by atoms with Crippen LogP contribution in [-0.4, -0.2) is 0 Å². The third-order valence-electron chi connectivity index (χ3n) is 27.4. The van der Waals surface area contributed by atoms with Crippen molar-refractivity contribution in [3.8, 4) is 18.2 Å². The van der Waals surface area contributed by atoms with Gasteiger partial charge in [-0.3, -0.25) is 0 Å². The standard InChI is InChI=1S/C48H38N4.2C42H26N4.3CH4/c1-31(2)34-8-20-40(21-9-34)51(39-18-6-33(30-49)7-19-39)45-28-14-36-13-27-44-46(29-15-37-12-26-43(45)47(36)48(37)44)52(42-24-16-38(50-5)17-25-42)41-22-10-35(11-23-41)32(3)4;1-44-32-11-9-17-36(27-32)46(34-14-6-3-7-15-34)40-25-21-31-18-22-37-39(24-20-30-19-23-38(40)42(31)41(30)37)45(33-12-4-2-5-13-33)35-16-8-10-29(26-35)28-43;1-44-32-18-22-36(23-19-32)46(34-10-6-3-7-11-34)40-27-17-31-14-24-37-39(26-16-30-15-25-38(40)42(31)41(30)37)45(33-8-4-2-5-9-33)35-20-12-29(28-43)13-21-35;;;/h6-29,31-32H,1-4H3;2*2-27H;3*1H4. The molecule has 0 aliphatic rings. The zero-order valence-electron chi connectivity index (χ0n) is 79.4. The highest BCUT2D eigenvalue weighted by atomic mass is 15.2. The molecule has 0 amide bonds. The van der Waals surface area contributed by atoms with E-state index in [1.165, 1.54) is 65.0 Å². The van der Waals surface area contributed by atoms with Crippen LogP contribution in [0.25, 0.3) is 111 Å². The minimum atomic E-state index is 0. The number of hydrogen-bond acceptors (Lipinski definition) is 9. The smallest absolute Gasteiger partial charge is 0.189 e. The van der Waals surface area contributed by atoms with Gasteiger partial charge in [-0.05, 0) is 300 Å². The Bertz CT molecular complexity index is 8660. The molecule has 0 atom stereocenters. The Morgan fingerprint density at radius 3 is 0.633 bits per heavy atom. The number of para-hydroxylation sites is 4. The lowest BCUT2D eigenvalue weighted by molar-refractivity contribution is 0.866. The van der Waals surface area contributed by atoms with Crippen molar-refractivity contribution in [1.29, 1.82) is 15.8 Å². The molecule has 147 heavy (non-hydrogen) atoms. The first-order chi connectivity index (χ1) is 70.8. The fourth-order valence-corrected chi connectivity index (χ4v) is 20.5. The summed E-state index contributed by atoms with van der Waals surface area (Å²) in [6.45, 7) is 31.5. The van der Waals surface area contributed by atoms with Crippen molar-refractivity contribution in [2.24, 2.45) is 0 Å². The van der Waals surface area contributed by atoms with E-state index in [4.69, 9.17) is 19.7 Å². The normalized spacial score (nSPS) is 10.9. The number of hydrogen-bond donors (Lipinski definition) is 0. The number of nitrogens with zero attached hydrogens (tertiary/aromatic N) is 12. The van der Waals surface area contributed by atoms with E-state index in [-0.39, 0.29) is 22.3 Å². The largest absolute Gasteiger partial charge is 0.311 e. The molecule has 0 aromatic heterocycles.